The number of carbonyl (C=O) groups excluding carboxylic acids is 1. The SMILES string of the molecule is CC(C(=O)N[C@@H]1CCCNC1)(c1ccccc1)n1ncc2c1nc(N)n1nc(-c3ccco3)nc21. The van der Waals surface area contributed by atoms with E-state index in [1.165, 1.54) is 4.52 Å². The third-order valence-corrected chi connectivity index (χ3v) is 6.60. The zero-order chi connectivity index (χ0) is 24.0. The first-order valence-corrected chi connectivity index (χ1v) is 11.6. The number of rotatable bonds is 5. The van der Waals surface area contributed by atoms with Crippen LogP contribution in [0.25, 0.3) is 28.3 Å². The van der Waals surface area contributed by atoms with Gasteiger partial charge in [-0.3, -0.25) is 4.79 Å². The summed E-state index contributed by atoms with van der Waals surface area (Å²) in [5.41, 5.74) is 6.82. The fourth-order valence-corrected chi connectivity index (χ4v) is 4.66. The molecule has 11 nitrogen and oxygen atoms in total. The Balaban J connectivity index is 1.51. The number of nitrogens with zero attached hydrogens (tertiary/aromatic N) is 6. The van der Waals surface area contributed by atoms with E-state index < -0.39 is 5.54 Å². The maximum absolute atomic E-state index is 13.9. The molecule has 6 rings (SSSR count). The number of anilines is 1. The molecule has 1 fully saturated rings. The van der Waals surface area contributed by atoms with Gasteiger partial charge in [0, 0.05) is 12.6 Å². The van der Waals surface area contributed by atoms with Gasteiger partial charge in [0.2, 0.25) is 11.8 Å². The van der Waals surface area contributed by atoms with Crippen molar-refractivity contribution >= 4 is 28.5 Å². The average Bonchev–Trinajstić information content (AvgIpc) is 3.64. The maximum atomic E-state index is 13.9. The molecule has 1 aliphatic heterocycles. The first kappa shape index (κ1) is 21.3. The van der Waals surface area contributed by atoms with Crippen LogP contribution < -0.4 is 16.4 Å². The second-order valence-electron chi connectivity index (χ2n) is 8.87. The Labute approximate surface area is 200 Å². The summed E-state index contributed by atoms with van der Waals surface area (Å²) in [5.74, 6) is 0.868. The standard InChI is InChI=1S/C24H25N9O2/c1-24(15-7-3-2-4-8-15,22(34)28-16-9-5-11-26-13-16)33-21-17(14-27-33)20-29-19(18-10-6-12-35-18)31-32(20)23(25)30-21/h2-4,6-8,10,12,14,16,26H,5,9,11,13H2,1H3,(H2,25,30)(H,28,34)/t16-,24?/m1/s1. The highest BCUT2D eigenvalue weighted by Crippen LogP contribution is 2.32. The molecule has 0 aliphatic carbocycles. The van der Waals surface area contributed by atoms with Crippen molar-refractivity contribution in [2.24, 2.45) is 0 Å². The molecular weight excluding hydrogens is 446 g/mol. The van der Waals surface area contributed by atoms with Crippen LogP contribution in [0.15, 0.2) is 59.3 Å². The first-order chi connectivity index (χ1) is 17.1. The Morgan fingerprint density at radius 3 is 2.80 bits per heavy atom. The molecule has 0 bridgehead atoms. The number of benzene rings is 1. The molecule has 5 aromatic rings. The van der Waals surface area contributed by atoms with Gasteiger partial charge in [-0.15, -0.1) is 5.10 Å². The van der Waals surface area contributed by atoms with Crippen molar-refractivity contribution in [3.8, 4) is 11.6 Å². The minimum atomic E-state index is -1.18. The predicted octanol–water partition coefficient (Wildman–Crippen LogP) is 1.95. The van der Waals surface area contributed by atoms with E-state index in [2.05, 4.69) is 30.8 Å². The van der Waals surface area contributed by atoms with Crippen LogP contribution in [0.4, 0.5) is 5.95 Å². The number of nitrogen functional groups attached to an aromatic ring is 1. The first-order valence-electron chi connectivity index (χ1n) is 11.6. The van der Waals surface area contributed by atoms with E-state index in [0.29, 0.717) is 28.3 Å². The second kappa shape index (κ2) is 8.20. The fraction of sp³-hybridized carbons (Fsp3) is 0.292. The highest BCUT2D eigenvalue weighted by molar-refractivity contribution is 5.94. The van der Waals surface area contributed by atoms with Gasteiger partial charge in [0.15, 0.2) is 22.6 Å². The number of nitrogens with one attached hydrogen (secondary N) is 2. The van der Waals surface area contributed by atoms with Gasteiger partial charge in [0.05, 0.1) is 17.8 Å². The van der Waals surface area contributed by atoms with Crippen molar-refractivity contribution < 1.29 is 9.21 Å². The van der Waals surface area contributed by atoms with E-state index >= 15 is 0 Å². The van der Waals surface area contributed by atoms with Gasteiger partial charge in [-0.25, -0.2) is 9.67 Å². The molecule has 1 aliphatic rings. The van der Waals surface area contributed by atoms with E-state index in [4.69, 9.17) is 10.2 Å². The number of piperidine rings is 1. The summed E-state index contributed by atoms with van der Waals surface area (Å²) < 4.78 is 8.53. The fourth-order valence-electron chi connectivity index (χ4n) is 4.66. The Morgan fingerprint density at radius 1 is 1.20 bits per heavy atom. The number of carbonyl (C=O) groups is 1. The third-order valence-electron chi connectivity index (χ3n) is 6.60. The van der Waals surface area contributed by atoms with E-state index in [1.54, 1.807) is 29.3 Å². The average molecular weight is 472 g/mol. The van der Waals surface area contributed by atoms with Crippen LogP contribution in [0.2, 0.25) is 0 Å². The Bertz CT molecular complexity index is 1500. The number of aromatic nitrogens is 6. The number of furan rings is 1. The van der Waals surface area contributed by atoms with Crippen LogP contribution in [0.1, 0.15) is 25.3 Å². The number of nitrogens with two attached hydrogens (primary N) is 1. The molecule has 1 saturated heterocycles. The topological polar surface area (TPSA) is 141 Å². The zero-order valence-corrected chi connectivity index (χ0v) is 19.2. The Kier molecular flexibility index (Phi) is 4.99. The molecule has 5 heterocycles. The van der Waals surface area contributed by atoms with Gasteiger partial charge in [-0.2, -0.15) is 14.6 Å². The van der Waals surface area contributed by atoms with Crippen LogP contribution in [-0.4, -0.2) is 54.4 Å². The predicted molar refractivity (Wildman–Crippen MR) is 129 cm³/mol. The largest absolute Gasteiger partial charge is 0.461 e. The lowest BCUT2D eigenvalue weighted by Crippen LogP contribution is -2.54. The van der Waals surface area contributed by atoms with Gasteiger partial charge >= 0.3 is 0 Å². The zero-order valence-electron chi connectivity index (χ0n) is 19.2. The van der Waals surface area contributed by atoms with Crippen LogP contribution in [0.3, 0.4) is 0 Å². The van der Waals surface area contributed by atoms with Crippen molar-refractivity contribution in [2.45, 2.75) is 31.3 Å². The molecule has 11 heteroatoms. The second-order valence-corrected chi connectivity index (χ2v) is 8.87. The molecule has 35 heavy (non-hydrogen) atoms. The summed E-state index contributed by atoms with van der Waals surface area (Å²) in [6.07, 6.45) is 5.14. The van der Waals surface area contributed by atoms with Crippen molar-refractivity contribution in [3.63, 3.8) is 0 Å². The van der Waals surface area contributed by atoms with Crippen molar-refractivity contribution in [3.05, 3.63) is 60.5 Å². The van der Waals surface area contributed by atoms with Crippen LogP contribution in [-0.2, 0) is 10.3 Å². The summed E-state index contributed by atoms with van der Waals surface area (Å²) in [6, 6.07) is 13.1. The molecular formula is C24H25N9O2. The Hall–Kier alpha value is -4.25. The lowest BCUT2D eigenvalue weighted by molar-refractivity contribution is -0.128. The van der Waals surface area contributed by atoms with E-state index in [-0.39, 0.29) is 17.9 Å². The van der Waals surface area contributed by atoms with Crippen LogP contribution in [0, 0.1) is 0 Å². The molecule has 1 aromatic carbocycles. The van der Waals surface area contributed by atoms with Gasteiger partial charge in [-0.05, 0) is 44.0 Å². The minimum absolute atomic E-state index is 0.0400. The highest BCUT2D eigenvalue weighted by Gasteiger charge is 2.41. The summed E-state index contributed by atoms with van der Waals surface area (Å²) in [4.78, 5) is 23.1. The van der Waals surface area contributed by atoms with Crippen molar-refractivity contribution in [1.29, 1.82) is 0 Å². The molecule has 4 aromatic heterocycles. The molecule has 0 saturated carbocycles. The molecule has 0 radical (unpaired) electrons. The highest BCUT2D eigenvalue weighted by atomic mass is 16.3. The van der Waals surface area contributed by atoms with Gasteiger partial charge in [0.1, 0.15) is 0 Å². The lowest BCUT2D eigenvalue weighted by Gasteiger charge is -2.33. The Morgan fingerprint density at radius 2 is 2.06 bits per heavy atom. The van der Waals surface area contributed by atoms with Gasteiger partial charge < -0.3 is 20.8 Å². The molecule has 2 atom stereocenters. The van der Waals surface area contributed by atoms with E-state index in [0.717, 1.165) is 31.5 Å². The monoisotopic (exact) mass is 471 g/mol. The van der Waals surface area contributed by atoms with Crippen LogP contribution in [0.5, 0.6) is 0 Å². The smallest absolute Gasteiger partial charge is 0.252 e. The molecule has 4 N–H and O–H groups in total. The molecule has 1 amide bonds. The van der Waals surface area contributed by atoms with Gasteiger partial charge in [-0.1, -0.05) is 30.3 Å². The van der Waals surface area contributed by atoms with Crippen LogP contribution >= 0.6 is 0 Å². The normalized spacial score (nSPS) is 18.0. The quantitative estimate of drug-likeness (QED) is 0.353. The van der Waals surface area contributed by atoms with Crippen molar-refractivity contribution in [1.82, 2.24) is 40.0 Å². The number of hydrogen-bond donors (Lipinski definition) is 3. The van der Waals surface area contributed by atoms with Crippen molar-refractivity contribution in [2.75, 3.05) is 18.8 Å². The summed E-state index contributed by atoms with van der Waals surface area (Å²) in [6.45, 7) is 3.54. The minimum Gasteiger partial charge on any atom is -0.461 e. The van der Waals surface area contributed by atoms with E-state index in [1.807, 2.05) is 37.3 Å². The lowest BCUT2D eigenvalue weighted by atomic mass is 9.90. The molecule has 0 spiro atoms. The summed E-state index contributed by atoms with van der Waals surface area (Å²) in [7, 11) is 0. The number of fused-ring (bicyclic) bond motifs is 3. The number of hydrogen-bond acceptors (Lipinski definition) is 8. The third kappa shape index (κ3) is 3.43. The summed E-state index contributed by atoms with van der Waals surface area (Å²) >= 11 is 0. The maximum Gasteiger partial charge on any atom is 0.252 e. The summed E-state index contributed by atoms with van der Waals surface area (Å²) in [5, 5.41) is 16.3. The van der Waals surface area contributed by atoms with Gasteiger partial charge in [0.25, 0.3) is 5.91 Å². The molecule has 178 valence electrons. The molecule has 1 unspecified atom stereocenters. The van der Waals surface area contributed by atoms with E-state index in [9.17, 15) is 4.79 Å². The number of amides is 1.